The first-order chi connectivity index (χ1) is 11.4. The van der Waals surface area contributed by atoms with Crippen molar-refractivity contribution in [3.8, 4) is 11.5 Å². The lowest BCUT2D eigenvalue weighted by atomic mass is 10.2. The molecular formula is C20H16N2O. The summed E-state index contributed by atoms with van der Waals surface area (Å²) in [4.78, 5) is 4.55. The molecule has 0 saturated carbocycles. The highest BCUT2D eigenvalue weighted by molar-refractivity contribution is 5.79. The Morgan fingerprint density at radius 3 is 2.35 bits per heavy atom. The van der Waals surface area contributed by atoms with Gasteiger partial charge >= 0.3 is 0 Å². The van der Waals surface area contributed by atoms with Crippen LogP contribution in [0.1, 0.15) is 5.56 Å². The first-order valence-corrected chi connectivity index (χ1v) is 7.62. The first kappa shape index (κ1) is 13.6. The summed E-state index contributed by atoms with van der Waals surface area (Å²) in [6, 6.07) is 26.3. The summed E-state index contributed by atoms with van der Waals surface area (Å²) in [6.07, 6.45) is 0. The summed E-state index contributed by atoms with van der Waals surface area (Å²) >= 11 is 0. The van der Waals surface area contributed by atoms with Crippen molar-refractivity contribution in [2.24, 2.45) is 0 Å². The maximum atomic E-state index is 5.90. The van der Waals surface area contributed by atoms with E-state index in [1.165, 1.54) is 5.56 Å². The molecular weight excluding hydrogens is 284 g/mol. The molecule has 4 rings (SSSR count). The van der Waals surface area contributed by atoms with Gasteiger partial charge in [0, 0.05) is 23.9 Å². The van der Waals surface area contributed by atoms with Gasteiger partial charge in [0.15, 0.2) is 5.58 Å². The second kappa shape index (κ2) is 5.97. The molecule has 0 spiro atoms. The third-order valence-electron chi connectivity index (χ3n) is 3.75. The number of nitrogens with zero attached hydrogens (tertiary/aromatic N) is 1. The van der Waals surface area contributed by atoms with E-state index in [2.05, 4.69) is 22.4 Å². The molecule has 0 bridgehead atoms. The molecule has 0 fully saturated rings. The molecule has 112 valence electrons. The van der Waals surface area contributed by atoms with E-state index in [1.807, 2.05) is 66.7 Å². The summed E-state index contributed by atoms with van der Waals surface area (Å²) in [5.74, 6) is 0.654. The minimum atomic E-state index is 0.654. The third kappa shape index (κ3) is 2.94. The molecule has 0 atom stereocenters. The van der Waals surface area contributed by atoms with E-state index in [4.69, 9.17) is 4.42 Å². The normalized spacial score (nSPS) is 10.8. The molecule has 23 heavy (non-hydrogen) atoms. The van der Waals surface area contributed by atoms with Crippen LogP contribution in [0.15, 0.2) is 83.3 Å². The van der Waals surface area contributed by atoms with E-state index in [9.17, 15) is 0 Å². The Labute approximate surface area is 134 Å². The van der Waals surface area contributed by atoms with Crippen molar-refractivity contribution in [3.63, 3.8) is 0 Å². The molecule has 3 aromatic carbocycles. The number of hydrogen-bond donors (Lipinski definition) is 1. The molecule has 4 aromatic rings. The fraction of sp³-hybridized carbons (Fsp3) is 0.0500. The molecule has 1 heterocycles. The van der Waals surface area contributed by atoms with Crippen LogP contribution in [-0.4, -0.2) is 4.98 Å². The van der Waals surface area contributed by atoms with Gasteiger partial charge in [-0.15, -0.1) is 0 Å². The minimum Gasteiger partial charge on any atom is -0.436 e. The van der Waals surface area contributed by atoms with E-state index in [0.717, 1.165) is 28.9 Å². The van der Waals surface area contributed by atoms with Gasteiger partial charge in [0.25, 0.3) is 0 Å². The second-order valence-electron chi connectivity index (χ2n) is 5.41. The van der Waals surface area contributed by atoms with E-state index >= 15 is 0 Å². The van der Waals surface area contributed by atoms with Gasteiger partial charge in [-0.3, -0.25) is 0 Å². The van der Waals surface area contributed by atoms with Crippen LogP contribution in [0.4, 0.5) is 5.69 Å². The van der Waals surface area contributed by atoms with Gasteiger partial charge in [0.2, 0.25) is 5.89 Å². The van der Waals surface area contributed by atoms with Crippen molar-refractivity contribution < 1.29 is 4.42 Å². The Kier molecular flexibility index (Phi) is 3.53. The predicted molar refractivity (Wildman–Crippen MR) is 93.2 cm³/mol. The van der Waals surface area contributed by atoms with Crippen molar-refractivity contribution in [1.82, 2.24) is 4.98 Å². The number of hydrogen-bond acceptors (Lipinski definition) is 3. The SMILES string of the molecule is c1ccc(CNc2ccc3nc(-c4ccccc4)oc3c2)cc1. The van der Waals surface area contributed by atoms with Gasteiger partial charge in [0.05, 0.1) is 0 Å². The zero-order chi connectivity index (χ0) is 15.5. The maximum Gasteiger partial charge on any atom is 0.227 e. The van der Waals surface area contributed by atoms with Crippen LogP contribution in [0.5, 0.6) is 0 Å². The zero-order valence-corrected chi connectivity index (χ0v) is 12.6. The van der Waals surface area contributed by atoms with E-state index in [1.54, 1.807) is 0 Å². The van der Waals surface area contributed by atoms with Crippen LogP contribution < -0.4 is 5.32 Å². The van der Waals surface area contributed by atoms with E-state index in [-0.39, 0.29) is 0 Å². The average molecular weight is 300 g/mol. The molecule has 3 heteroatoms. The quantitative estimate of drug-likeness (QED) is 0.569. The molecule has 0 aliphatic heterocycles. The largest absolute Gasteiger partial charge is 0.436 e. The Balaban J connectivity index is 1.58. The highest BCUT2D eigenvalue weighted by Gasteiger charge is 2.08. The average Bonchev–Trinajstić information content (AvgIpc) is 3.05. The van der Waals surface area contributed by atoms with Crippen LogP contribution in [0, 0.1) is 0 Å². The van der Waals surface area contributed by atoms with Gasteiger partial charge in [0.1, 0.15) is 5.52 Å². The third-order valence-corrected chi connectivity index (χ3v) is 3.75. The second-order valence-corrected chi connectivity index (χ2v) is 5.41. The molecule has 0 aliphatic rings. The lowest BCUT2D eigenvalue weighted by Crippen LogP contribution is -1.98. The summed E-state index contributed by atoms with van der Waals surface area (Å²) < 4.78 is 5.90. The Morgan fingerprint density at radius 1 is 0.826 bits per heavy atom. The number of oxazole rings is 1. The van der Waals surface area contributed by atoms with Crippen LogP contribution in [-0.2, 0) is 6.54 Å². The summed E-state index contributed by atoms with van der Waals surface area (Å²) in [5.41, 5.74) is 4.92. The predicted octanol–water partition coefficient (Wildman–Crippen LogP) is 5.11. The van der Waals surface area contributed by atoms with Crippen LogP contribution in [0.25, 0.3) is 22.6 Å². The van der Waals surface area contributed by atoms with Crippen LogP contribution in [0.2, 0.25) is 0 Å². The van der Waals surface area contributed by atoms with Gasteiger partial charge < -0.3 is 9.73 Å². The van der Waals surface area contributed by atoms with Crippen LogP contribution in [0.3, 0.4) is 0 Å². The molecule has 0 radical (unpaired) electrons. The highest BCUT2D eigenvalue weighted by atomic mass is 16.3. The highest BCUT2D eigenvalue weighted by Crippen LogP contribution is 2.26. The van der Waals surface area contributed by atoms with Gasteiger partial charge in [-0.1, -0.05) is 48.5 Å². The fourth-order valence-corrected chi connectivity index (χ4v) is 2.54. The number of anilines is 1. The molecule has 1 N–H and O–H groups in total. The van der Waals surface area contributed by atoms with Crippen molar-refractivity contribution in [3.05, 3.63) is 84.4 Å². The number of nitrogens with one attached hydrogen (secondary N) is 1. The Bertz CT molecular complexity index is 914. The molecule has 0 unspecified atom stereocenters. The molecule has 0 aliphatic carbocycles. The zero-order valence-electron chi connectivity index (χ0n) is 12.6. The number of aromatic nitrogens is 1. The molecule has 0 amide bonds. The monoisotopic (exact) mass is 300 g/mol. The van der Waals surface area contributed by atoms with Gasteiger partial charge in [-0.05, 0) is 29.8 Å². The molecule has 1 aromatic heterocycles. The lowest BCUT2D eigenvalue weighted by molar-refractivity contribution is 0.620. The topological polar surface area (TPSA) is 38.1 Å². The van der Waals surface area contributed by atoms with Gasteiger partial charge in [-0.25, -0.2) is 4.98 Å². The Hall–Kier alpha value is -3.07. The Morgan fingerprint density at radius 2 is 1.57 bits per heavy atom. The lowest BCUT2D eigenvalue weighted by Gasteiger charge is -2.05. The first-order valence-electron chi connectivity index (χ1n) is 7.62. The summed E-state index contributed by atoms with van der Waals surface area (Å²) in [7, 11) is 0. The fourth-order valence-electron chi connectivity index (χ4n) is 2.54. The number of benzene rings is 3. The van der Waals surface area contributed by atoms with E-state index in [0.29, 0.717) is 5.89 Å². The minimum absolute atomic E-state index is 0.654. The van der Waals surface area contributed by atoms with E-state index < -0.39 is 0 Å². The van der Waals surface area contributed by atoms with Crippen molar-refractivity contribution in [1.29, 1.82) is 0 Å². The van der Waals surface area contributed by atoms with Crippen molar-refractivity contribution in [2.45, 2.75) is 6.54 Å². The number of fused-ring (bicyclic) bond motifs is 1. The molecule has 3 nitrogen and oxygen atoms in total. The maximum absolute atomic E-state index is 5.90. The van der Waals surface area contributed by atoms with Gasteiger partial charge in [-0.2, -0.15) is 0 Å². The van der Waals surface area contributed by atoms with Crippen molar-refractivity contribution in [2.75, 3.05) is 5.32 Å². The standard InChI is InChI=1S/C20H16N2O/c1-3-7-15(8-4-1)14-21-17-11-12-18-19(13-17)23-20(22-18)16-9-5-2-6-10-16/h1-13,21H,14H2. The van der Waals surface area contributed by atoms with Crippen LogP contribution >= 0.6 is 0 Å². The van der Waals surface area contributed by atoms with Crippen molar-refractivity contribution >= 4 is 16.8 Å². The smallest absolute Gasteiger partial charge is 0.227 e. The molecule has 0 saturated heterocycles. The summed E-state index contributed by atoms with van der Waals surface area (Å²) in [6.45, 7) is 0.784. The summed E-state index contributed by atoms with van der Waals surface area (Å²) in [5, 5.41) is 3.41. The number of rotatable bonds is 4.